The lowest BCUT2D eigenvalue weighted by molar-refractivity contribution is -0.141. The van der Waals surface area contributed by atoms with E-state index in [9.17, 15) is 14.4 Å². The van der Waals surface area contributed by atoms with Crippen molar-refractivity contribution in [3.63, 3.8) is 0 Å². The van der Waals surface area contributed by atoms with E-state index in [1.807, 2.05) is 35.2 Å². The van der Waals surface area contributed by atoms with Crippen LogP contribution in [0.5, 0.6) is 0 Å². The van der Waals surface area contributed by atoms with E-state index in [0.717, 1.165) is 5.56 Å². The van der Waals surface area contributed by atoms with Crippen LogP contribution in [0, 0.1) is 0 Å². The molecule has 144 valence electrons. The van der Waals surface area contributed by atoms with Crippen LogP contribution in [0.15, 0.2) is 30.3 Å². The van der Waals surface area contributed by atoms with E-state index in [1.165, 1.54) is 4.90 Å². The Morgan fingerprint density at radius 2 is 2.04 bits per heavy atom. The Bertz CT molecular complexity index is 768. The van der Waals surface area contributed by atoms with Crippen molar-refractivity contribution < 1.29 is 19.1 Å². The lowest BCUT2D eigenvalue weighted by Gasteiger charge is -2.33. The molecule has 3 atom stereocenters. The van der Waals surface area contributed by atoms with Crippen molar-refractivity contribution >= 4 is 17.8 Å². The number of nitrogens with one attached hydrogen (secondary N) is 1. The summed E-state index contributed by atoms with van der Waals surface area (Å²) in [6, 6.07) is 9.12. The van der Waals surface area contributed by atoms with E-state index in [4.69, 9.17) is 4.74 Å². The Labute approximate surface area is 158 Å². The molecule has 0 aromatic heterocycles. The number of amides is 4. The number of carbonyl (C=O) groups is 3. The van der Waals surface area contributed by atoms with Crippen LogP contribution in [0.2, 0.25) is 0 Å². The summed E-state index contributed by atoms with van der Waals surface area (Å²) in [4.78, 5) is 42.1. The van der Waals surface area contributed by atoms with Crippen molar-refractivity contribution in [1.82, 2.24) is 20.0 Å². The summed E-state index contributed by atoms with van der Waals surface area (Å²) in [7, 11) is 3.24. The number of urea groups is 1. The molecule has 3 aliphatic rings. The van der Waals surface area contributed by atoms with E-state index < -0.39 is 5.72 Å². The number of hydrogen-bond donors (Lipinski definition) is 1. The van der Waals surface area contributed by atoms with Crippen LogP contribution in [0.1, 0.15) is 24.4 Å². The van der Waals surface area contributed by atoms with Gasteiger partial charge in [-0.2, -0.15) is 0 Å². The second-order valence-corrected chi connectivity index (χ2v) is 7.46. The quantitative estimate of drug-likeness (QED) is 0.841. The maximum Gasteiger partial charge on any atom is 0.317 e. The number of hydrogen-bond acceptors (Lipinski definition) is 4. The van der Waals surface area contributed by atoms with Crippen LogP contribution < -0.4 is 5.32 Å². The molecule has 0 unspecified atom stereocenters. The van der Waals surface area contributed by atoms with Crippen molar-refractivity contribution in [2.45, 2.75) is 30.7 Å². The molecule has 3 heterocycles. The molecule has 8 heteroatoms. The lowest BCUT2D eigenvalue weighted by atomic mass is 10.0. The Kier molecular flexibility index (Phi) is 4.30. The number of likely N-dealkylation sites (tertiary alicyclic amines) is 1. The van der Waals surface area contributed by atoms with Gasteiger partial charge >= 0.3 is 6.03 Å². The molecule has 1 aromatic carbocycles. The minimum absolute atomic E-state index is 0.0150. The number of nitrogens with zero attached hydrogens (tertiary/aromatic N) is 3. The van der Waals surface area contributed by atoms with E-state index >= 15 is 0 Å². The van der Waals surface area contributed by atoms with Gasteiger partial charge in [-0.05, 0) is 5.56 Å². The molecule has 4 amide bonds. The van der Waals surface area contributed by atoms with E-state index in [1.54, 1.807) is 19.0 Å². The van der Waals surface area contributed by atoms with Crippen LogP contribution in [-0.2, 0) is 14.3 Å². The Morgan fingerprint density at radius 3 is 2.74 bits per heavy atom. The largest absolute Gasteiger partial charge is 0.351 e. The van der Waals surface area contributed by atoms with Gasteiger partial charge < -0.3 is 24.8 Å². The molecule has 0 aliphatic carbocycles. The first-order chi connectivity index (χ1) is 12.9. The van der Waals surface area contributed by atoms with Gasteiger partial charge in [0.25, 0.3) is 0 Å². The molecule has 4 rings (SSSR count). The predicted octanol–water partition coefficient (Wildman–Crippen LogP) is 0.559. The highest BCUT2D eigenvalue weighted by atomic mass is 16.5. The molecule has 0 radical (unpaired) electrons. The minimum Gasteiger partial charge on any atom is -0.351 e. The van der Waals surface area contributed by atoms with Gasteiger partial charge in [-0.15, -0.1) is 0 Å². The van der Waals surface area contributed by atoms with Crippen LogP contribution in [0.3, 0.4) is 0 Å². The molecule has 3 fully saturated rings. The summed E-state index contributed by atoms with van der Waals surface area (Å²) >= 11 is 0. The van der Waals surface area contributed by atoms with Crippen molar-refractivity contribution in [1.29, 1.82) is 0 Å². The highest BCUT2D eigenvalue weighted by Crippen LogP contribution is 2.51. The smallest absolute Gasteiger partial charge is 0.317 e. The Hall–Kier alpha value is -2.61. The van der Waals surface area contributed by atoms with Gasteiger partial charge in [0.05, 0.1) is 31.7 Å². The van der Waals surface area contributed by atoms with Crippen molar-refractivity contribution in [3.05, 3.63) is 35.9 Å². The molecule has 0 saturated carbocycles. The van der Waals surface area contributed by atoms with Crippen molar-refractivity contribution in [3.8, 4) is 0 Å². The molecule has 3 saturated heterocycles. The fourth-order valence-corrected chi connectivity index (χ4v) is 4.48. The number of ether oxygens (including phenoxy) is 1. The van der Waals surface area contributed by atoms with Crippen molar-refractivity contribution in [2.24, 2.45) is 0 Å². The zero-order valence-corrected chi connectivity index (χ0v) is 15.6. The third-order valence-corrected chi connectivity index (χ3v) is 5.76. The van der Waals surface area contributed by atoms with Crippen LogP contribution in [0.4, 0.5) is 4.79 Å². The first-order valence-electron chi connectivity index (χ1n) is 9.20. The number of carbonyl (C=O) groups excluding carboxylic acids is 3. The summed E-state index contributed by atoms with van der Waals surface area (Å²) in [5, 5.41) is 2.60. The molecule has 8 nitrogen and oxygen atoms in total. The molecular formula is C19H24N4O4. The molecule has 27 heavy (non-hydrogen) atoms. The standard InChI is InChI=1S/C19H24N4O4/c1-21(2)18(26)20-11-17(25)22-9-8-19-15(22)10-16(24)23(19)14(12-27-19)13-6-4-3-5-7-13/h3-7,14-15H,8-12H2,1-2H3,(H,20,26)/t14-,15+,19-/m0/s1. The molecular weight excluding hydrogens is 348 g/mol. The number of benzene rings is 1. The monoisotopic (exact) mass is 372 g/mol. The number of rotatable bonds is 3. The van der Waals surface area contributed by atoms with Crippen LogP contribution in [0.25, 0.3) is 0 Å². The average molecular weight is 372 g/mol. The highest BCUT2D eigenvalue weighted by Gasteiger charge is 2.65. The molecule has 1 N–H and O–H groups in total. The topological polar surface area (TPSA) is 82.2 Å². The summed E-state index contributed by atoms with van der Waals surface area (Å²) < 4.78 is 6.19. The molecule has 0 bridgehead atoms. The summed E-state index contributed by atoms with van der Waals surface area (Å²) in [5.74, 6) is -0.172. The second-order valence-electron chi connectivity index (χ2n) is 7.46. The fourth-order valence-electron chi connectivity index (χ4n) is 4.48. The first-order valence-corrected chi connectivity index (χ1v) is 9.20. The third-order valence-electron chi connectivity index (χ3n) is 5.76. The summed E-state index contributed by atoms with van der Waals surface area (Å²) in [6.07, 6.45) is 0.858. The normalized spacial score (nSPS) is 28.9. The molecule has 1 spiro atoms. The van der Waals surface area contributed by atoms with Crippen molar-refractivity contribution in [2.75, 3.05) is 33.8 Å². The maximum absolute atomic E-state index is 12.8. The maximum atomic E-state index is 12.8. The van der Waals surface area contributed by atoms with Gasteiger partial charge in [-0.3, -0.25) is 9.59 Å². The average Bonchev–Trinajstić information content (AvgIpc) is 3.29. The zero-order valence-electron chi connectivity index (χ0n) is 15.6. The van der Waals surface area contributed by atoms with Gasteiger partial charge in [0, 0.05) is 27.1 Å². The minimum atomic E-state index is -0.737. The first kappa shape index (κ1) is 17.8. The summed E-state index contributed by atoms with van der Waals surface area (Å²) in [5.41, 5.74) is 0.310. The molecule has 3 aliphatic heterocycles. The Morgan fingerprint density at radius 1 is 1.30 bits per heavy atom. The zero-order chi connectivity index (χ0) is 19.2. The summed E-state index contributed by atoms with van der Waals surface area (Å²) in [6.45, 7) is 0.873. The van der Waals surface area contributed by atoms with Gasteiger partial charge in [0.1, 0.15) is 0 Å². The van der Waals surface area contributed by atoms with E-state index in [2.05, 4.69) is 5.32 Å². The van der Waals surface area contributed by atoms with Gasteiger partial charge in [0.15, 0.2) is 5.72 Å². The van der Waals surface area contributed by atoms with E-state index in [-0.39, 0.29) is 42.9 Å². The Balaban J connectivity index is 1.51. The third kappa shape index (κ3) is 2.75. The van der Waals surface area contributed by atoms with Gasteiger partial charge in [0.2, 0.25) is 11.8 Å². The van der Waals surface area contributed by atoms with Crippen LogP contribution in [-0.4, -0.2) is 78.1 Å². The van der Waals surface area contributed by atoms with Crippen LogP contribution >= 0.6 is 0 Å². The molecule has 1 aromatic rings. The van der Waals surface area contributed by atoms with Gasteiger partial charge in [-0.25, -0.2) is 4.79 Å². The van der Waals surface area contributed by atoms with E-state index in [0.29, 0.717) is 19.6 Å². The lowest BCUT2D eigenvalue weighted by Crippen LogP contribution is -2.51. The second kappa shape index (κ2) is 6.53. The highest BCUT2D eigenvalue weighted by molar-refractivity contribution is 5.87. The fraction of sp³-hybridized carbons (Fsp3) is 0.526. The van der Waals surface area contributed by atoms with Gasteiger partial charge in [-0.1, -0.05) is 30.3 Å². The SMILES string of the molecule is CN(C)C(=O)NCC(=O)N1CC[C@@]23OC[C@@H](c4ccccc4)N2C(=O)C[C@@H]13. The predicted molar refractivity (Wildman–Crippen MR) is 96.5 cm³/mol.